The van der Waals surface area contributed by atoms with Crippen LogP contribution in [0, 0.1) is 5.92 Å². The lowest BCUT2D eigenvalue weighted by Gasteiger charge is -2.31. The largest absolute Gasteiger partial charge is 0.330 e. The number of likely N-dealkylation sites (tertiary alicyclic amines) is 1. The van der Waals surface area contributed by atoms with Gasteiger partial charge >= 0.3 is 0 Å². The Labute approximate surface area is 132 Å². The minimum absolute atomic E-state index is 0. The molecule has 0 aliphatic carbocycles. The molecular weight excluding hydrogens is 286 g/mol. The number of carbonyl (C=O) groups excluding carboxylic acids is 1. The van der Waals surface area contributed by atoms with Gasteiger partial charge in [-0.15, -0.1) is 12.4 Å². The van der Waals surface area contributed by atoms with Gasteiger partial charge in [0.1, 0.15) is 0 Å². The lowest BCUT2D eigenvalue weighted by Crippen LogP contribution is -2.42. The average Bonchev–Trinajstić information content (AvgIpc) is 2.94. The van der Waals surface area contributed by atoms with E-state index in [1.165, 1.54) is 5.56 Å². The minimum Gasteiger partial charge on any atom is -0.330 e. The van der Waals surface area contributed by atoms with Crippen molar-refractivity contribution in [1.82, 2.24) is 4.90 Å². The van der Waals surface area contributed by atoms with Crippen LogP contribution in [0.15, 0.2) is 24.3 Å². The van der Waals surface area contributed by atoms with Gasteiger partial charge < -0.3 is 10.6 Å². The minimum atomic E-state index is 0. The molecule has 1 aromatic rings. The van der Waals surface area contributed by atoms with Crippen molar-refractivity contribution in [1.29, 1.82) is 0 Å². The number of fused-ring (bicyclic) bond motifs is 1. The first-order chi connectivity index (χ1) is 9.78. The van der Waals surface area contributed by atoms with Gasteiger partial charge in [0.15, 0.2) is 0 Å². The van der Waals surface area contributed by atoms with E-state index < -0.39 is 0 Å². The Hall–Kier alpha value is -1.10. The smallest absolute Gasteiger partial charge is 0.241 e. The third-order valence-corrected chi connectivity index (χ3v) is 4.47. The van der Waals surface area contributed by atoms with Gasteiger partial charge in [-0.25, -0.2) is 0 Å². The fraction of sp³-hybridized carbons (Fsp3) is 0.562. The summed E-state index contributed by atoms with van der Waals surface area (Å²) >= 11 is 0. The van der Waals surface area contributed by atoms with Gasteiger partial charge in [-0.3, -0.25) is 9.69 Å². The average molecular weight is 310 g/mol. The van der Waals surface area contributed by atoms with E-state index in [0.717, 1.165) is 51.1 Å². The summed E-state index contributed by atoms with van der Waals surface area (Å²) in [7, 11) is 0. The van der Waals surface area contributed by atoms with Crippen molar-refractivity contribution in [3.8, 4) is 0 Å². The highest BCUT2D eigenvalue weighted by atomic mass is 35.5. The van der Waals surface area contributed by atoms with Crippen LogP contribution in [0.25, 0.3) is 0 Å². The Morgan fingerprint density at radius 1 is 1.29 bits per heavy atom. The van der Waals surface area contributed by atoms with Crippen molar-refractivity contribution in [3.05, 3.63) is 29.8 Å². The zero-order valence-electron chi connectivity index (χ0n) is 12.3. The van der Waals surface area contributed by atoms with E-state index in [4.69, 9.17) is 5.73 Å². The number of benzene rings is 1. The molecule has 116 valence electrons. The van der Waals surface area contributed by atoms with Gasteiger partial charge in [0.2, 0.25) is 5.91 Å². The number of hydrogen-bond acceptors (Lipinski definition) is 3. The lowest BCUT2D eigenvalue weighted by molar-refractivity contribution is -0.119. The second-order valence-corrected chi connectivity index (χ2v) is 5.90. The molecule has 0 radical (unpaired) electrons. The van der Waals surface area contributed by atoms with Crippen molar-refractivity contribution >= 4 is 24.0 Å². The summed E-state index contributed by atoms with van der Waals surface area (Å²) in [6, 6.07) is 8.28. The fourth-order valence-electron chi connectivity index (χ4n) is 3.32. The summed E-state index contributed by atoms with van der Waals surface area (Å²) in [5.74, 6) is 0.797. The van der Waals surface area contributed by atoms with Gasteiger partial charge in [-0.1, -0.05) is 18.2 Å². The van der Waals surface area contributed by atoms with Crippen LogP contribution in [0.5, 0.6) is 0 Å². The number of carbonyl (C=O) groups is 1. The molecule has 1 amide bonds. The molecule has 2 heterocycles. The molecule has 5 heteroatoms. The molecule has 1 saturated heterocycles. The standard InChI is InChI=1S/C16H23N3O.ClH/c17-10-13-7-9-18(11-13)12-16(20)19-8-3-5-14-4-1-2-6-15(14)19;/h1-2,4,6,13H,3,5,7-12,17H2;1H. The number of nitrogens with zero attached hydrogens (tertiary/aromatic N) is 2. The number of para-hydroxylation sites is 1. The molecule has 1 fully saturated rings. The first kappa shape index (κ1) is 16.3. The summed E-state index contributed by atoms with van der Waals surface area (Å²) in [6.07, 6.45) is 3.27. The third kappa shape index (κ3) is 3.57. The van der Waals surface area contributed by atoms with Crippen molar-refractivity contribution in [2.75, 3.05) is 37.6 Å². The SMILES string of the molecule is Cl.NCC1CCN(CC(=O)N2CCCc3ccccc32)C1. The highest BCUT2D eigenvalue weighted by Crippen LogP contribution is 2.27. The zero-order valence-corrected chi connectivity index (χ0v) is 13.1. The maximum Gasteiger partial charge on any atom is 0.241 e. The van der Waals surface area contributed by atoms with E-state index in [9.17, 15) is 4.79 Å². The predicted molar refractivity (Wildman–Crippen MR) is 88.0 cm³/mol. The second kappa shape index (κ2) is 7.25. The second-order valence-electron chi connectivity index (χ2n) is 5.90. The van der Waals surface area contributed by atoms with Gasteiger partial charge in [-0.2, -0.15) is 0 Å². The normalized spacial score (nSPS) is 21.8. The number of halogens is 1. The van der Waals surface area contributed by atoms with Crippen molar-refractivity contribution in [2.24, 2.45) is 11.7 Å². The highest BCUT2D eigenvalue weighted by Gasteiger charge is 2.27. The number of aryl methyl sites for hydroxylation is 1. The predicted octanol–water partition coefficient (Wildman–Crippen LogP) is 1.67. The molecule has 0 bridgehead atoms. The van der Waals surface area contributed by atoms with E-state index in [0.29, 0.717) is 12.5 Å². The van der Waals surface area contributed by atoms with Gasteiger partial charge in [0.05, 0.1) is 6.54 Å². The molecule has 1 atom stereocenters. The molecule has 3 rings (SSSR count). The molecular formula is C16H24ClN3O. The molecule has 0 saturated carbocycles. The quantitative estimate of drug-likeness (QED) is 0.924. The molecule has 2 aliphatic rings. The van der Waals surface area contributed by atoms with E-state index in [1.54, 1.807) is 0 Å². The Morgan fingerprint density at radius 2 is 2.10 bits per heavy atom. The number of hydrogen-bond donors (Lipinski definition) is 1. The van der Waals surface area contributed by atoms with E-state index in [2.05, 4.69) is 23.1 Å². The van der Waals surface area contributed by atoms with Crippen LogP contribution >= 0.6 is 12.4 Å². The monoisotopic (exact) mass is 309 g/mol. The molecule has 1 aromatic carbocycles. The van der Waals surface area contributed by atoms with Crippen LogP contribution in [-0.2, 0) is 11.2 Å². The number of amides is 1. The van der Waals surface area contributed by atoms with E-state index in [-0.39, 0.29) is 18.3 Å². The number of rotatable bonds is 3. The zero-order chi connectivity index (χ0) is 13.9. The summed E-state index contributed by atoms with van der Waals surface area (Å²) in [6.45, 7) is 4.09. The summed E-state index contributed by atoms with van der Waals surface area (Å²) in [5, 5.41) is 0. The summed E-state index contributed by atoms with van der Waals surface area (Å²) in [5.41, 5.74) is 8.12. The van der Waals surface area contributed by atoms with Crippen LogP contribution in [0.4, 0.5) is 5.69 Å². The number of anilines is 1. The molecule has 4 nitrogen and oxygen atoms in total. The maximum absolute atomic E-state index is 12.6. The molecule has 0 aromatic heterocycles. The molecule has 2 N–H and O–H groups in total. The summed E-state index contributed by atoms with van der Waals surface area (Å²) < 4.78 is 0. The van der Waals surface area contributed by atoms with Crippen LogP contribution in [0.1, 0.15) is 18.4 Å². The molecule has 1 unspecified atom stereocenters. The Kier molecular flexibility index (Phi) is 5.62. The van der Waals surface area contributed by atoms with Crippen LogP contribution in [0.2, 0.25) is 0 Å². The van der Waals surface area contributed by atoms with Crippen molar-refractivity contribution in [3.63, 3.8) is 0 Å². The topological polar surface area (TPSA) is 49.6 Å². The van der Waals surface area contributed by atoms with E-state index in [1.807, 2.05) is 11.0 Å². The fourth-order valence-corrected chi connectivity index (χ4v) is 3.32. The molecule has 21 heavy (non-hydrogen) atoms. The van der Waals surface area contributed by atoms with Crippen LogP contribution < -0.4 is 10.6 Å². The molecule has 2 aliphatic heterocycles. The number of nitrogens with two attached hydrogens (primary N) is 1. The molecule has 0 spiro atoms. The Balaban J connectivity index is 0.00000161. The Morgan fingerprint density at radius 3 is 2.86 bits per heavy atom. The summed E-state index contributed by atoms with van der Waals surface area (Å²) in [4.78, 5) is 16.8. The van der Waals surface area contributed by atoms with E-state index >= 15 is 0 Å². The van der Waals surface area contributed by atoms with Crippen LogP contribution in [0.3, 0.4) is 0 Å². The first-order valence-electron chi connectivity index (χ1n) is 7.58. The highest BCUT2D eigenvalue weighted by molar-refractivity contribution is 5.95. The van der Waals surface area contributed by atoms with Crippen LogP contribution in [-0.4, -0.2) is 43.5 Å². The van der Waals surface area contributed by atoms with Crippen molar-refractivity contribution in [2.45, 2.75) is 19.3 Å². The lowest BCUT2D eigenvalue weighted by atomic mass is 10.0. The first-order valence-corrected chi connectivity index (χ1v) is 7.58. The third-order valence-electron chi connectivity index (χ3n) is 4.47. The van der Waals surface area contributed by atoms with Gasteiger partial charge in [-0.05, 0) is 49.9 Å². The van der Waals surface area contributed by atoms with Crippen molar-refractivity contribution < 1.29 is 4.79 Å². The maximum atomic E-state index is 12.6. The Bertz CT molecular complexity index is 494. The van der Waals surface area contributed by atoms with Gasteiger partial charge in [0, 0.05) is 18.8 Å². The van der Waals surface area contributed by atoms with Gasteiger partial charge in [0.25, 0.3) is 0 Å².